The highest BCUT2D eigenvalue weighted by molar-refractivity contribution is 5.92. The van der Waals surface area contributed by atoms with Crippen LogP contribution in [0.1, 0.15) is 10.5 Å². The van der Waals surface area contributed by atoms with Crippen molar-refractivity contribution in [1.29, 1.82) is 0 Å². The third-order valence-electron chi connectivity index (χ3n) is 3.18. The Hall–Kier alpha value is -1.77. The van der Waals surface area contributed by atoms with E-state index in [-0.39, 0.29) is 12.5 Å². The van der Waals surface area contributed by atoms with Crippen LogP contribution in [0.4, 0.5) is 5.82 Å². The molecule has 1 amide bonds. The summed E-state index contributed by atoms with van der Waals surface area (Å²) < 4.78 is 15.3. The minimum atomic E-state index is -0.477. The molecule has 1 aliphatic rings. The summed E-state index contributed by atoms with van der Waals surface area (Å²) in [6, 6.07) is 1.68. The molecule has 8 heteroatoms. The first-order valence-corrected chi connectivity index (χ1v) is 6.73. The van der Waals surface area contributed by atoms with Crippen molar-refractivity contribution in [1.82, 2.24) is 15.3 Å². The van der Waals surface area contributed by atoms with Gasteiger partial charge in [0.05, 0.1) is 19.8 Å². The van der Waals surface area contributed by atoms with E-state index in [0.29, 0.717) is 18.9 Å². The molecule has 1 aromatic rings. The van der Waals surface area contributed by atoms with Crippen molar-refractivity contribution >= 4 is 11.7 Å². The van der Waals surface area contributed by atoms with Crippen LogP contribution in [0.25, 0.3) is 0 Å². The van der Waals surface area contributed by atoms with E-state index in [0.717, 1.165) is 18.9 Å². The van der Waals surface area contributed by atoms with Gasteiger partial charge in [-0.1, -0.05) is 0 Å². The maximum Gasteiger partial charge on any atom is 0.270 e. The summed E-state index contributed by atoms with van der Waals surface area (Å²) in [4.78, 5) is 22.3. The van der Waals surface area contributed by atoms with Crippen LogP contribution in [0.5, 0.6) is 0 Å². The maximum absolute atomic E-state index is 12.1. The summed E-state index contributed by atoms with van der Waals surface area (Å²) in [5, 5.41) is 2.71. The Labute approximate surface area is 123 Å². The second-order valence-corrected chi connectivity index (χ2v) is 4.47. The Kier molecular flexibility index (Phi) is 5.85. The number of anilines is 1. The van der Waals surface area contributed by atoms with Crippen molar-refractivity contribution in [2.45, 2.75) is 6.29 Å². The minimum Gasteiger partial charge on any atom is -0.378 e. The molecule has 2 rings (SSSR count). The summed E-state index contributed by atoms with van der Waals surface area (Å²) in [5.41, 5.74) is 0.317. The van der Waals surface area contributed by atoms with Crippen LogP contribution in [0.15, 0.2) is 12.4 Å². The standard InChI is InChI=1S/C13H20N4O4/c1-19-12(20-2)8-14-13(18)10-7-11(16-9-15-10)17-3-5-21-6-4-17/h7,9,12H,3-6,8H2,1-2H3,(H,14,18). The number of hydrogen-bond acceptors (Lipinski definition) is 7. The van der Waals surface area contributed by atoms with Crippen molar-refractivity contribution < 1.29 is 19.0 Å². The molecule has 116 valence electrons. The van der Waals surface area contributed by atoms with Crippen LogP contribution in [0, 0.1) is 0 Å². The van der Waals surface area contributed by atoms with E-state index in [4.69, 9.17) is 14.2 Å². The van der Waals surface area contributed by atoms with E-state index in [9.17, 15) is 4.79 Å². The largest absolute Gasteiger partial charge is 0.378 e. The molecule has 0 atom stereocenters. The molecular formula is C13H20N4O4. The van der Waals surface area contributed by atoms with Gasteiger partial charge in [-0.25, -0.2) is 9.97 Å². The summed E-state index contributed by atoms with van der Waals surface area (Å²) in [5.74, 6) is 0.444. The molecule has 0 unspecified atom stereocenters. The second kappa shape index (κ2) is 7.87. The Morgan fingerprint density at radius 2 is 2.10 bits per heavy atom. The fourth-order valence-corrected chi connectivity index (χ4v) is 1.97. The first-order chi connectivity index (χ1) is 10.2. The molecule has 8 nitrogen and oxygen atoms in total. The van der Waals surface area contributed by atoms with Crippen molar-refractivity contribution in [2.24, 2.45) is 0 Å². The van der Waals surface area contributed by atoms with E-state index >= 15 is 0 Å². The number of carbonyl (C=O) groups excluding carboxylic acids is 1. The van der Waals surface area contributed by atoms with Crippen LogP contribution in [-0.2, 0) is 14.2 Å². The third kappa shape index (κ3) is 4.35. The molecule has 0 radical (unpaired) electrons. The van der Waals surface area contributed by atoms with Crippen LogP contribution in [0.3, 0.4) is 0 Å². The number of carbonyl (C=O) groups is 1. The van der Waals surface area contributed by atoms with Gasteiger partial charge in [-0.2, -0.15) is 0 Å². The highest BCUT2D eigenvalue weighted by Gasteiger charge is 2.16. The molecule has 1 saturated heterocycles. The second-order valence-electron chi connectivity index (χ2n) is 4.47. The van der Waals surface area contributed by atoms with Crippen molar-refractivity contribution in [3.8, 4) is 0 Å². The number of aromatic nitrogens is 2. The van der Waals surface area contributed by atoms with Crippen molar-refractivity contribution in [3.05, 3.63) is 18.1 Å². The highest BCUT2D eigenvalue weighted by atomic mass is 16.7. The molecule has 1 aliphatic heterocycles. The van der Waals surface area contributed by atoms with Gasteiger partial charge in [0.15, 0.2) is 6.29 Å². The van der Waals surface area contributed by atoms with Crippen molar-refractivity contribution in [3.63, 3.8) is 0 Å². The predicted octanol–water partition coefficient (Wildman–Crippen LogP) is -0.338. The molecule has 1 fully saturated rings. The molecule has 0 saturated carbocycles. The number of nitrogens with zero attached hydrogens (tertiary/aromatic N) is 3. The zero-order chi connectivity index (χ0) is 15.1. The molecule has 0 aliphatic carbocycles. The Bertz CT molecular complexity index is 461. The van der Waals surface area contributed by atoms with Crippen LogP contribution in [-0.4, -0.2) is 69.2 Å². The molecule has 0 spiro atoms. The van der Waals surface area contributed by atoms with Crippen LogP contribution >= 0.6 is 0 Å². The van der Waals surface area contributed by atoms with Gasteiger partial charge < -0.3 is 24.4 Å². The lowest BCUT2D eigenvalue weighted by atomic mass is 10.3. The Balaban J connectivity index is 1.97. The van der Waals surface area contributed by atoms with E-state index in [1.165, 1.54) is 20.5 Å². The van der Waals surface area contributed by atoms with Gasteiger partial charge in [-0.3, -0.25) is 4.79 Å². The SMILES string of the molecule is COC(CNC(=O)c1cc(N2CCOCC2)ncn1)OC. The van der Waals surface area contributed by atoms with Gasteiger partial charge in [0.1, 0.15) is 17.8 Å². The van der Waals surface area contributed by atoms with E-state index in [1.54, 1.807) is 6.07 Å². The lowest BCUT2D eigenvalue weighted by molar-refractivity contribution is -0.0974. The van der Waals surface area contributed by atoms with Crippen LogP contribution in [0.2, 0.25) is 0 Å². The topological polar surface area (TPSA) is 85.8 Å². The van der Waals surface area contributed by atoms with E-state index in [2.05, 4.69) is 20.2 Å². The van der Waals surface area contributed by atoms with Gasteiger partial charge in [-0.05, 0) is 0 Å². The number of hydrogen-bond donors (Lipinski definition) is 1. The van der Waals surface area contributed by atoms with Crippen molar-refractivity contribution in [2.75, 3.05) is 52.0 Å². The zero-order valence-electron chi connectivity index (χ0n) is 12.2. The molecular weight excluding hydrogens is 276 g/mol. The smallest absolute Gasteiger partial charge is 0.270 e. The number of ether oxygens (including phenoxy) is 3. The zero-order valence-corrected chi connectivity index (χ0v) is 12.2. The number of amides is 1. The fourth-order valence-electron chi connectivity index (χ4n) is 1.97. The van der Waals surface area contributed by atoms with Gasteiger partial charge in [0, 0.05) is 33.4 Å². The number of methoxy groups -OCH3 is 2. The molecule has 0 bridgehead atoms. The first kappa shape index (κ1) is 15.6. The number of rotatable bonds is 6. The lowest BCUT2D eigenvalue weighted by Gasteiger charge is -2.27. The van der Waals surface area contributed by atoms with Crippen LogP contribution < -0.4 is 10.2 Å². The number of morpholine rings is 1. The summed E-state index contributed by atoms with van der Waals surface area (Å²) >= 11 is 0. The Morgan fingerprint density at radius 1 is 1.38 bits per heavy atom. The minimum absolute atomic E-state index is 0.253. The fraction of sp³-hybridized carbons (Fsp3) is 0.615. The maximum atomic E-state index is 12.1. The summed E-state index contributed by atoms with van der Waals surface area (Å²) in [7, 11) is 3.03. The predicted molar refractivity (Wildman–Crippen MR) is 75.2 cm³/mol. The first-order valence-electron chi connectivity index (χ1n) is 6.73. The average molecular weight is 296 g/mol. The highest BCUT2D eigenvalue weighted by Crippen LogP contribution is 2.12. The third-order valence-corrected chi connectivity index (χ3v) is 3.18. The lowest BCUT2D eigenvalue weighted by Crippen LogP contribution is -2.37. The van der Waals surface area contributed by atoms with Gasteiger partial charge in [-0.15, -0.1) is 0 Å². The normalized spacial score (nSPS) is 15.3. The molecule has 1 aromatic heterocycles. The summed E-state index contributed by atoms with van der Waals surface area (Å²) in [6.07, 6.45) is 0.915. The van der Waals surface area contributed by atoms with Gasteiger partial charge >= 0.3 is 0 Å². The van der Waals surface area contributed by atoms with Gasteiger partial charge in [0.25, 0.3) is 5.91 Å². The van der Waals surface area contributed by atoms with E-state index in [1.807, 2.05) is 0 Å². The summed E-state index contributed by atoms with van der Waals surface area (Å²) in [6.45, 7) is 3.09. The molecule has 21 heavy (non-hydrogen) atoms. The monoisotopic (exact) mass is 296 g/mol. The molecule has 0 aromatic carbocycles. The molecule has 1 N–H and O–H groups in total. The van der Waals surface area contributed by atoms with E-state index < -0.39 is 6.29 Å². The molecule has 2 heterocycles. The van der Waals surface area contributed by atoms with Gasteiger partial charge in [0.2, 0.25) is 0 Å². The average Bonchev–Trinajstić information content (AvgIpc) is 2.56. The number of nitrogens with one attached hydrogen (secondary N) is 1. The Morgan fingerprint density at radius 3 is 2.76 bits per heavy atom. The quantitative estimate of drug-likeness (QED) is 0.719.